The molecule has 1 aromatic rings. The van der Waals surface area contributed by atoms with E-state index in [0.29, 0.717) is 13.2 Å². The van der Waals surface area contributed by atoms with E-state index in [0.717, 1.165) is 75.5 Å². The van der Waals surface area contributed by atoms with Crippen LogP contribution in [0.3, 0.4) is 0 Å². The molecule has 0 unspecified atom stereocenters. The van der Waals surface area contributed by atoms with E-state index in [2.05, 4.69) is 14.7 Å². The zero-order valence-electron chi connectivity index (χ0n) is 18.0. The zero-order valence-corrected chi connectivity index (χ0v) is 18.0. The monoisotopic (exact) mass is 401 g/mol. The first-order chi connectivity index (χ1) is 14.1. The van der Waals surface area contributed by atoms with Gasteiger partial charge in [0.25, 0.3) is 0 Å². The van der Waals surface area contributed by atoms with Crippen molar-refractivity contribution in [3.8, 4) is 5.75 Å². The number of Topliss-reactive ketones (excluding diaryl/α,β-unsaturated/α-hetero) is 1. The molecular weight excluding hydrogens is 366 g/mol. The van der Waals surface area contributed by atoms with Crippen molar-refractivity contribution < 1.29 is 14.3 Å². The quantitative estimate of drug-likeness (QED) is 0.658. The lowest BCUT2D eigenvalue weighted by Gasteiger charge is -2.35. The minimum atomic E-state index is 0.0751. The molecule has 0 saturated carbocycles. The van der Waals surface area contributed by atoms with Gasteiger partial charge in [0.1, 0.15) is 5.75 Å². The summed E-state index contributed by atoms with van der Waals surface area (Å²) in [6, 6.07) is 5.71. The van der Waals surface area contributed by atoms with Crippen molar-refractivity contribution in [2.45, 2.75) is 46.1 Å². The first-order valence-electron chi connectivity index (χ1n) is 11.1. The van der Waals surface area contributed by atoms with E-state index >= 15 is 0 Å². The number of ketones is 1. The molecule has 29 heavy (non-hydrogen) atoms. The maximum absolute atomic E-state index is 12.6. The summed E-state index contributed by atoms with van der Waals surface area (Å²) in [5, 5.41) is 0. The molecule has 3 rings (SSSR count). The van der Waals surface area contributed by atoms with Crippen molar-refractivity contribution >= 4 is 11.7 Å². The molecule has 0 atom stereocenters. The summed E-state index contributed by atoms with van der Waals surface area (Å²) in [5.74, 6) is 1.22. The molecule has 0 aliphatic carbocycles. The van der Waals surface area contributed by atoms with Crippen LogP contribution in [0.25, 0.3) is 0 Å². The standard InChI is InChI=1S/C23H35N3O3/c1-3-29-22-9-8-20(19(2)27)16-21(22)17-24-12-14-25(15-13-24)18-23(28)26-10-6-4-5-7-11-26/h8-9,16H,3-7,10-15,17-18H2,1-2H3. The molecule has 1 aromatic carbocycles. The Bertz CT molecular complexity index is 691. The van der Waals surface area contributed by atoms with E-state index in [1.165, 1.54) is 12.8 Å². The summed E-state index contributed by atoms with van der Waals surface area (Å²) in [4.78, 5) is 31.1. The number of likely N-dealkylation sites (tertiary alicyclic amines) is 1. The van der Waals surface area contributed by atoms with Gasteiger partial charge >= 0.3 is 0 Å². The lowest BCUT2D eigenvalue weighted by atomic mass is 10.1. The fraction of sp³-hybridized carbons (Fsp3) is 0.652. The van der Waals surface area contributed by atoms with Crippen LogP contribution in [0.4, 0.5) is 0 Å². The number of rotatable bonds is 7. The van der Waals surface area contributed by atoms with Crippen LogP contribution in [0, 0.1) is 0 Å². The molecule has 0 bridgehead atoms. The van der Waals surface area contributed by atoms with Crippen molar-refractivity contribution in [2.75, 3.05) is 52.4 Å². The Balaban J connectivity index is 1.52. The van der Waals surface area contributed by atoms with Gasteiger partial charge in [0.15, 0.2) is 5.78 Å². The van der Waals surface area contributed by atoms with Crippen molar-refractivity contribution in [3.05, 3.63) is 29.3 Å². The summed E-state index contributed by atoms with van der Waals surface area (Å²) in [5.41, 5.74) is 1.79. The van der Waals surface area contributed by atoms with Crippen LogP contribution in [0.15, 0.2) is 18.2 Å². The lowest BCUT2D eigenvalue weighted by molar-refractivity contribution is -0.132. The second-order valence-corrected chi connectivity index (χ2v) is 8.16. The molecule has 160 valence electrons. The van der Waals surface area contributed by atoms with E-state index in [1.807, 2.05) is 25.1 Å². The minimum Gasteiger partial charge on any atom is -0.494 e. The number of amides is 1. The number of hydrogen-bond donors (Lipinski definition) is 0. The largest absolute Gasteiger partial charge is 0.494 e. The van der Waals surface area contributed by atoms with Crippen LogP contribution in [0.5, 0.6) is 5.75 Å². The topological polar surface area (TPSA) is 53.1 Å². The van der Waals surface area contributed by atoms with Gasteiger partial charge in [-0.2, -0.15) is 0 Å². The third kappa shape index (κ3) is 6.28. The van der Waals surface area contributed by atoms with Crippen LogP contribution in [-0.2, 0) is 11.3 Å². The molecule has 0 N–H and O–H groups in total. The summed E-state index contributed by atoms with van der Waals surface area (Å²) >= 11 is 0. The number of hydrogen-bond acceptors (Lipinski definition) is 5. The highest BCUT2D eigenvalue weighted by molar-refractivity contribution is 5.94. The third-order valence-electron chi connectivity index (χ3n) is 5.94. The van der Waals surface area contributed by atoms with Crippen LogP contribution in [0.1, 0.15) is 55.5 Å². The van der Waals surface area contributed by atoms with E-state index in [4.69, 9.17) is 4.74 Å². The Morgan fingerprint density at radius 1 is 0.931 bits per heavy atom. The van der Waals surface area contributed by atoms with Crippen molar-refractivity contribution in [2.24, 2.45) is 0 Å². The summed E-state index contributed by atoms with van der Waals surface area (Å²) < 4.78 is 5.77. The second-order valence-electron chi connectivity index (χ2n) is 8.16. The van der Waals surface area contributed by atoms with Gasteiger partial charge in [-0.15, -0.1) is 0 Å². The lowest BCUT2D eigenvalue weighted by Crippen LogP contribution is -2.49. The Morgan fingerprint density at radius 2 is 1.59 bits per heavy atom. The summed E-state index contributed by atoms with van der Waals surface area (Å²) in [6.45, 7) is 11.0. The summed E-state index contributed by atoms with van der Waals surface area (Å²) in [6.07, 6.45) is 4.77. The highest BCUT2D eigenvalue weighted by atomic mass is 16.5. The van der Waals surface area contributed by atoms with Crippen molar-refractivity contribution in [1.82, 2.24) is 14.7 Å². The molecule has 0 radical (unpaired) electrons. The first-order valence-corrected chi connectivity index (χ1v) is 11.1. The molecule has 2 aliphatic rings. The van der Waals surface area contributed by atoms with Gasteiger partial charge in [-0.05, 0) is 44.9 Å². The molecule has 2 heterocycles. The third-order valence-corrected chi connectivity index (χ3v) is 5.94. The number of piperazine rings is 1. The van der Waals surface area contributed by atoms with Crippen LogP contribution >= 0.6 is 0 Å². The SMILES string of the molecule is CCOc1ccc(C(C)=O)cc1CN1CCN(CC(=O)N2CCCCCC2)CC1. The van der Waals surface area contributed by atoms with Gasteiger partial charge in [0.2, 0.25) is 5.91 Å². The highest BCUT2D eigenvalue weighted by Gasteiger charge is 2.23. The van der Waals surface area contributed by atoms with Crippen LogP contribution in [0.2, 0.25) is 0 Å². The number of carbonyl (C=O) groups is 2. The number of nitrogens with zero attached hydrogens (tertiary/aromatic N) is 3. The Kier molecular flexibility index (Phi) is 8.07. The number of ether oxygens (including phenoxy) is 1. The van der Waals surface area contributed by atoms with E-state index in [-0.39, 0.29) is 11.7 Å². The van der Waals surface area contributed by atoms with E-state index in [1.54, 1.807) is 6.92 Å². The number of benzene rings is 1. The molecule has 0 aromatic heterocycles. The van der Waals surface area contributed by atoms with Gasteiger partial charge in [-0.25, -0.2) is 0 Å². The van der Waals surface area contributed by atoms with Gasteiger partial charge in [-0.1, -0.05) is 12.8 Å². The summed E-state index contributed by atoms with van der Waals surface area (Å²) in [7, 11) is 0. The highest BCUT2D eigenvalue weighted by Crippen LogP contribution is 2.23. The average Bonchev–Trinajstić information content (AvgIpc) is 3.00. The van der Waals surface area contributed by atoms with Crippen LogP contribution < -0.4 is 4.74 Å². The van der Waals surface area contributed by atoms with Crippen molar-refractivity contribution in [3.63, 3.8) is 0 Å². The van der Waals surface area contributed by atoms with Gasteiger partial charge < -0.3 is 9.64 Å². The molecule has 6 nitrogen and oxygen atoms in total. The molecular formula is C23H35N3O3. The molecule has 6 heteroatoms. The fourth-order valence-corrected chi connectivity index (χ4v) is 4.18. The zero-order chi connectivity index (χ0) is 20.6. The first kappa shape index (κ1) is 21.8. The molecule has 2 saturated heterocycles. The van der Waals surface area contributed by atoms with Gasteiger partial charge in [0, 0.05) is 56.9 Å². The fourth-order valence-electron chi connectivity index (χ4n) is 4.18. The maximum Gasteiger partial charge on any atom is 0.236 e. The number of carbonyl (C=O) groups excluding carboxylic acids is 2. The normalized spacial score (nSPS) is 19.0. The van der Waals surface area contributed by atoms with Crippen molar-refractivity contribution in [1.29, 1.82) is 0 Å². The predicted molar refractivity (Wildman–Crippen MR) is 114 cm³/mol. The maximum atomic E-state index is 12.6. The smallest absolute Gasteiger partial charge is 0.236 e. The Labute approximate surface area is 174 Å². The minimum absolute atomic E-state index is 0.0751. The van der Waals surface area contributed by atoms with E-state index in [9.17, 15) is 9.59 Å². The second kappa shape index (κ2) is 10.7. The van der Waals surface area contributed by atoms with Gasteiger partial charge in [-0.3, -0.25) is 19.4 Å². The average molecular weight is 402 g/mol. The van der Waals surface area contributed by atoms with Crippen LogP contribution in [-0.4, -0.2) is 78.8 Å². The molecule has 1 amide bonds. The molecule has 2 aliphatic heterocycles. The molecule has 0 spiro atoms. The van der Waals surface area contributed by atoms with Gasteiger partial charge in [0.05, 0.1) is 13.2 Å². The Morgan fingerprint density at radius 3 is 2.21 bits per heavy atom. The molecule has 2 fully saturated rings. The van der Waals surface area contributed by atoms with E-state index < -0.39 is 0 Å². The predicted octanol–water partition coefficient (Wildman–Crippen LogP) is 2.81. The Hall–Kier alpha value is -1.92.